The Balaban J connectivity index is 0.00000144. The van der Waals surface area contributed by atoms with E-state index in [0.29, 0.717) is 5.75 Å². The fourth-order valence-corrected chi connectivity index (χ4v) is 3.42. The minimum atomic E-state index is 0. The lowest BCUT2D eigenvalue weighted by Gasteiger charge is -2.00. The average Bonchev–Trinajstić information content (AvgIpc) is 2.80. The Labute approximate surface area is 128 Å². The molecule has 0 spiro atoms. The molecule has 1 aromatic rings. The SMILES string of the molecule is Br.O=C(CSC1=NCCS1)c1ccc(Br)cc1. The van der Waals surface area contributed by atoms with Gasteiger partial charge in [0.05, 0.1) is 12.3 Å². The van der Waals surface area contributed by atoms with Gasteiger partial charge in [-0.15, -0.1) is 17.0 Å². The molecule has 6 heteroatoms. The van der Waals surface area contributed by atoms with E-state index in [-0.39, 0.29) is 22.8 Å². The van der Waals surface area contributed by atoms with Crippen LogP contribution in [-0.2, 0) is 0 Å². The zero-order valence-corrected chi connectivity index (χ0v) is 13.8. The molecule has 2 rings (SSSR count). The molecule has 0 fully saturated rings. The maximum absolute atomic E-state index is 11.8. The molecule has 0 bridgehead atoms. The molecule has 0 atom stereocenters. The van der Waals surface area contributed by atoms with Crippen molar-refractivity contribution in [1.29, 1.82) is 0 Å². The van der Waals surface area contributed by atoms with E-state index in [1.165, 1.54) is 0 Å². The summed E-state index contributed by atoms with van der Waals surface area (Å²) in [6.07, 6.45) is 0. The second-order valence-corrected chi connectivity index (χ2v) is 6.44. The Morgan fingerprint density at radius 2 is 2.12 bits per heavy atom. The third-order valence-electron chi connectivity index (χ3n) is 2.05. The van der Waals surface area contributed by atoms with Gasteiger partial charge < -0.3 is 0 Å². The summed E-state index contributed by atoms with van der Waals surface area (Å²) in [6, 6.07) is 7.46. The van der Waals surface area contributed by atoms with Crippen LogP contribution in [0.4, 0.5) is 0 Å². The van der Waals surface area contributed by atoms with Crippen LogP contribution in [0.1, 0.15) is 10.4 Å². The molecule has 0 N–H and O–H groups in total. The molecule has 0 amide bonds. The Morgan fingerprint density at radius 3 is 2.71 bits per heavy atom. The van der Waals surface area contributed by atoms with Crippen molar-refractivity contribution in [1.82, 2.24) is 0 Å². The number of nitrogens with zero attached hydrogens (tertiary/aromatic N) is 1. The first-order valence-corrected chi connectivity index (χ1v) is 7.61. The van der Waals surface area contributed by atoms with E-state index in [0.717, 1.165) is 26.7 Å². The molecule has 1 aliphatic heterocycles. The van der Waals surface area contributed by atoms with Gasteiger partial charge in [0.2, 0.25) is 0 Å². The highest BCUT2D eigenvalue weighted by molar-refractivity contribution is 9.10. The summed E-state index contributed by atoms with van der Waals surface area (Å²) < 4.78 is 2.04. The van der Waals surface area contributed by atoms with E-state index < -0.39 is 0 Å². The molecular weight excluding hydrogens is 386 g/mol. The molecule has 0 aliphatic carbocycles. The highest BCUT2D eigenvalue weighted by atomic mass is 79.9. The van der Waals surface area contributed by atoms with Crippen LogP contribution in [-0.4, -0.2) is 28.2 Å². The van der Waals surface area contributed by atoms with Crippen LogP contribution in [0.5, 0.6) is 0 Å². The minimum absolute atomic E-state index is 0. The smallest absolute Gasteiger partial charge is 0.173 e. The van der Waals surface area contributed by atoms with Gasteiger partial charge in [-0.25, -0.2) is 0 Å². The highest BCUT2D eigenvalue weighted by Crippen LogP contribution is 2.23. The summed E-state index contributed by atoms with van der Waals surface area (Å²) in [7, 11) is 0. The van der Waals surface area contributed by atoms with E-state index in [1.807, 2.05) is 24.3 Å². The van der Waals surface area contributed by atoms with E-state index in [9.17, 15) is 4.79 Å². The van der Waals surface area contributed by atoms with Crippen molar-refractivity contribution in [2.75, 3.05) is 18.1 Å². The Hall–Kier alpha value is 0.220. The van der Waals surface area contributed by atoms with Gasteiger partial charge in [0, 0.05) is 15.8 Å². The minimum Gasteiger partial charge on any atom is -0.293 e. The van der Waals surface area contributed by atoms with Crippen molar-refractivity contribution in [2.45, 2.75) is 0 Å². The molecule has 1 aliphatic rings. The van der Waals surface area contributed by atoms with Gasteiger partial charge in [-0.05, 0) is 12.1 Å². The molecule has 17 heavy (non-hydrogen) atoms. The molecule has 0 radical (unpaired) electrons. The number of Topliss-reactive ketones (excluding diaryl/α,β-unsaturated/α-hetero) is 1. The quantitative estimate of drug-likeness (QED) is 0.722. The second kappa shape index (κ2) is 7.61. The van der Waals surface area contributed by atoms with Gasteiger partial charge >= 0.3 is 0 Å². The van der Waals surface area contributed by atoms with Gasteiger partial charge in [-0.1, -0.05) is 51.6 Å². The molecule has 0 unspecified atom stereocenters. The lowest BCUT2D eigenvalue weighted by atomic mass is 10.2. The number of rotatable bonds is 3. The molecular formula is C11H11Br2NOS2. The first kappa shape index (κ1) is 15.3. The fraction of sp³-hybridized carbons (Fsp3) is 0.273. The number of halogens is 2. The number of aliphatic imine (C=N–C) groups is 1. The van der Waals surface area contributed by atoms with Gasteiger partial charge in [0.25, 0.3) is 0 Å². The van der Waals surface area contributed by atoms with Gasteiger partial charge in [0.15, 0.2) is 5.78 Å². The zero-order chi connectivity index (χ0) is 11.4. The number of hydrogen-bond donors (Lipinski definition) is 0. The highest BCUT2D eigenvalue weighted by Gasteiger charge is 2.11. The molecule has 0 aromatic heterocycles. The van der Waals surface area contributed by atoms with Gasteiger partial charge in [-0.3, -0.25) is 9.79 Å². The van der Waals surface area contributed by atoms with E-state index in [1.54, 1.807) is 23.5 Å². The summed E-state index contributed by atoms with van der Waals surface area (Å²) in [4.78, 5) is 16.1. The van der Waals surface area contributed by atoms with Crippen molar-refractivity contribution in [2.24, 2.45) is 4.99 Å². The summed E-state index contributed by atoms with van der Waals surface area (Å²) in [5, 5.41) is 0. The summed E-state index contributed by atoms with van der Waals surface area (Å²) >= 11 is 6.63. The predicted octanol–water partition coefficient (Wildman–Crippen LogP) is 4.05. The third kappa shape index (κ3) is 4.77. The van der Waals surface area contributed by atoms with Gasteiger partial charge in [-0.2, -0.15) is 0 Å². The topological polar surface area (TPSA) is 29.4 Å². The van der Waals surface area contributed by atoms with Crippen LogP contribution in [0.2, 0.25) is 0 Å². The van der Waals surface area contributed by atoms with Crippen LogP contribution < -0.4 is 0 Å². The maximum atomic E-state index is 11.8. The van der Waals surface area contributed by atoms with E-state index >= 15 is 0 Å². The standard InChI is InChI=1S/C11H10BrNOS2.BrH/c12-9-3-1-8(2-4-9)10(14)7-16-11-13-5-6-15-11;/h1-4H,5-7H2;1H. The van der Waals surface area contributed by atoms with Crippen molar-refractivity contribution >= 4 is 66.6 Å². The normalized spacial score (nSPS) is 14.1. The predicted molar refractivity (Wildman–Crippen MR) is 86.0 cm³/mol. The van der Waals surface area contributed by atoms with Crippen molar-refractivity contribution in [3.8, 4) is 0 Å². The molecule has 0 saturated carbocycles. The maximum Gasteiger partial charge on any atom is 0.173 e. The molecule has 1 heterocycles. The fourth-order valence-electron chi connectivity index (χ4n) is 1.25. The largest absolute Gasteiger partial charge is 0.293 e. The Bertz CT molecular complexity index is 420. The van der Waals surface area contributed by atoms with Crippen LogP contribution in [0.15, 0.2) is 33.7 Å². The van der Waals surface area contributed by atoms with Crippen LogP contribution in [0, 0.1) is 0 Å². The number of carbonyl (C=O) groups is 1. The van der Waals surface area contributed by atoms with Crippen molar-refractivity contribution in [3.63, 3.8) is 0 Å². The molecule has 2 nitrogen and oxygen atoms in total. The van der Waals surface area contributed by atoms with Crippen LogP contribution in [0.3, 0.4) is 0 Å². The number of ketones is 1. The number of thioether (sulfide) groups is 2. The lowest BCUT2D eigenvalue weighted by molar-refractivity contribution is 0.102. The number of benzene rings is 1. The van der Waals surface area contributed by atoms with E-state index in [2.05, 4.69) is 20.9 Å². The first-order valence-electron chi connectivity index (χ1n) is 4.84. The summed E-state index contributed by atoms with van der Waals surface area (Å²) in [5.41, 5.74) is 0.763. The zero-order valence-electron chi connectivity index (χ0n) is 8.89. The van der Waals surface area contributed by atoms with Crippen molar-refractivity contribution < 1.29 is 4.79 Å². The number of hydrogen-bond acceptors (Lipinski definition) is 4. The first-order chi connectivity index (χ1) is 7.75. The third-order valence-corrected chi connectivity index (χ3v) is 4.83. The van der Waals surface area contributed by atoms with Crippen LogP contribution in [0.25, 0.3) is 0 Å². The summed E-state index contributed by atoms with van der Waals surface area (Å²) in [6.45, 7) is 0.888. The monoisotopic (exact) mass is 395 g/mol. The van der Waals surface area contributed by atoms with Gasteiger partial charge in [0.1, 0.15) is 4.38 Å². The second-order valence-electron chi connectivity index (χ2n) is 3.21. The Morgan fingerprint density at radius 1 is 1.41 bits per heavy atom. The van der Waals surface area contributed by atoms with E-state index in [4.69, 9.17) is 0 Å². The number of carbonyl (C=O) groups excluding carboxylic acids is 1. The average molecular weight is 397 g/mol. The molecule has 92 valence electrons. The van der Waals surface area contributed by atoms with Crippen molar-refractivity contribution in [3.05, 3.63) is 34.3 Å². The summed E-state index contributed by atoms with van der Waals surface area (Å²) in [5.74, 6) is 1.69. The molecule has 0 saturated heterocycles. The molecule has 1 aromatic carbocycles. The lowest BCUT2D eigenvalue weighted by Crippen LogP contribution is -2.03. The van der Waals surface area contributed by atoms with Crippen LogP contribution >= 0.6 is 56.4 Å². The Kier molecular flexibility index (Phi) is 6.84.